The highest BCUT2D eigenvalue weighted by Gasteiger charge is 2.54. The zero-order valence-electron chi connectivity index (χ0n) is 15.7. The third-order valence-electron chi connectivity index (χ3n) is 6.21. The van der Waals surface area contributed by atoms with E-state index in [9.17, 15) is 9.18 Å². The van der Waals surface area contributed by atoms with Gasteiger partial charge in [-0.1, -0.05) is 12.1 Å². The second-order valence-electron chi connectivity index (χ2n) is 7.96. The summed E-state index contributed by atoms with van der Waals surface area (Å²) in [5.41, 5.74) is -0.121. The molecule has 27 heavy (non-hydrogen) atoms. The zero-order chi connectivity index (χ0) is 18.7. The molecule has 3 saturated heterocycles. The molecule has 3 fully saturated rings. The van der Waals surface area contributed by atoms with Crippen LogP contribution in [0.15, 0.2) is 24.3 Å². The Morgan fingerprint density at radius 2 is 1.96 bits per heavy atom. The number of carbonyl (C=O) groups excluding carboxylic acids is 1. The Bertz CT molecular complexity index is 655. The van der Waals surface area contributed by atoms with Crippen LogP contribution in [0, 0.1) is 17.7 Å². The molecule has 0 bridgehead atoms. The molecule has 3 aliphatic heterocycles. The Kier molecular flexibility index (Phi) is 5.76. The topological polar surface area (TPSA) is 48.0 Å². The lowest BCUT2D eigenvalue weighted by atomic mass is 9.79. The maximum absolute atomic E-state index is 13.9. The normalized spacial score (nSPS) is 24.9. The van der Waals surface area contributed by atoms with Gasteiger partial charge in [0, 0.05) is 33.0 Å². The van der Waals surface area contributed by atoms with Crippen molar-refractivity contribution in [3.05, 3.63) is 35.6 Å². The van der Waals surface area contributed by atoms with Gasteiger partial charge in [0.05, 0.1) is 18.7 Å². The van der Waals surface area contributed by atoms with Crippen LogP contribution in [0.1, 0.15) is 36.0 Å². The minimum absolute atomic E-state index is 0.140. The Balaban J connectivity index is 1.24. The number of amides is 1. The van der Waals surface area contributed by atoms with Crippen LogP contribution in [0.3, 0.4) is 0 Å². The highest BCUT2D eigenvalue weighted by molar-refractivity contribution is 5.95. The van der Waals surface area contributed by atoms with E-state index in [0.717, 1.165) is 58.7 Å². The average molecular weight is 377 g/mol. The Morgan fingerprint density at radius 3 is 2.74 bits per heavy atom. The summed E-state index contributed by atoms with van der Waals surface area (Å²) in [4.78, 5) is 14.2. The molecule has 1 aromatic carbocycles. The molecule has 6 heteroatoms. The predicted octanol–water partition coefficient (Wildman–Crippen LogP) is 2.89. The first-order valence-electron chi connectivity index (χ1n) is 10.0. The molecule has 4 rings (SSSR count). The van der Waals surface area contributed by atoms with Gasteiger partial charge in [-0.05, 0) is 49.7 Å². The summed E-state index contributed by atoms with van der Waals surface area (Å²) in [6, 6.07) is 6.16. The molecule has 1 spiro atoms. The number of nitrogens with zero attached hydrogens (tertiary/aromatic N) is 1. The van der Waals surface area contributed by atoms with Gasteiger partial charge in [-0.25, -0.2) is 4.39 Å². The fourth-order valence-electron chi connectivity index (χ4n) is 4.48. The lowest BCUT2D eigenvalue weighted by Crippen LogP contribution is -2.66. The van der Waals surface area contributed by atoms with Crippen molar-refractivity contribution in [1.29, 1.82) is 0 Å². The van der Waals surface area contributed by atoms with Crippen LogP contribution in [-0.4, -0.2) is 62.5 Å². The van der Waals surface area contributed by atoms with Crippen molar-refractivity contribution >= 4 is 5.91 Å². The maximum Gasteiger partial charge on any atom is 0.257 e. The second kappa shape index (κ2) is 8.25. The van der Waals surface area contributed by atoms with Crippen molar-refractivity contribution in [2.24, 2.45) is 11.8 Å². The molecule has 1 amide bonds. The zero-order valence-corrected chi connectivity index (χ0v) is 15.7. The lowest BCUT2D eigenvalue weighted by molar-refractivity contribution is -0.121. The van der Waals surface area contributed by atoms with Crippen LogP contribution in [0.5, 0.6) is 0 Å². The van der Waals surface area contributed by atoms with Crippen molar-refractivity contribution in [3.63, 3.8) is 0 Å². The molecule has 0 aliphatic carbocycles. The second-order valence-corrected chi connectivity index (χ2v) is 7.96. The van der Waals surface area contributed by atoms with E-state index < -0.39 is 5.82 Å². The molecule has 0 N–H and O–H groups in total. The molecule has 1 atom stereocenters. The van der Waals surface area contributed by atoms with E-state index >= 15 is 0 Å². The summed E-state index contributed by atoms with van der Waals surface area (Å²) in [6.45, 7) is 5.05. The van der Waals surface area contributed by atoms with E-state index in [1.165, 1.54) is 6.07 Å². The molecule has 0 aromatic heterocycles. The van der Waals surface area contributed by atoms with Crippen LogP contribution in [0.2, 0.25) is 0 Å². The molecule has 0 saturated carbocycles. The van der Waals surface area contributed by atoms with Crippen LogP contribution in [-0.2, 0) is 14.2 Å². The molecule has 148 valence electrons. The molecule has 3 heterocycles. The maximum atomic E-state index is 13.9. The van der Waals surface area contributed by atoms with Gasteiger partial charge in [-0.2, -0.15) is 0 Å². The van der Waals surface area contributed by atoms with Crippen molar-refractivity contribution in [1.82, 2.24) is 4.90 Å². The van der Waals surface area contributed by atoms with Gasteiger partial charge in [0.25, 0.3) is 5.91 Å². The lowest BCUT2D eigenvalue weighted by Gasteiger charge is -2.50. The molecule has 3 aliphatic rings. The van der Waals surface area contributed by atoms with Crippen molar-refractivity contribution in [3.8, 4) is 0 Å². The number of carbonyl (C=O) groups is 1. The Morgan fingerprint density at radius 1 is 1.19 bits per heavy atom. The molecular weight excluding hydrogens is 349 g/mol. The quantitative estimate of drug-likeness (QED) is 0.716. The first kappa shape index (κ1) is 18.8. The van der Waals surface area contributed by atoms with Crippen LogP contribution in [0.4, 0.5) is 4.39 Å². The van der Waals surface area contributed by atoms with Crippen molar-refractivity contribution in [2.45, 2.75) is 31.3 Å². The SMILES string of the molecule is O=C(c1ccccc1F)N1CC2(C1)OCCC2CCOCC1CCOCC1. The number of hydrogen-bond donors (Lipinski definition) is 0. The number of benzene rings is 1. The summed E-state index contributed by atoms with van der Waals surface area (Å²) in [7, 11) is 0. The predicted molar refractivity (Wildman–Crippen MR) is 98.1 cm³/mol. The van der Waals surface area contributed by atoms with Crippen molar-refractivity contribution in [2.75, 3.05) is 46.1 Å². The van der Waals surface area contributed by atoms with E-state index in [1.54, 1.807) is 23.1 Å². The first-order valence-corrected chi connectivity index (χ1v) is 10.0. The molecular formula is C21H28FNO4. The van der Waals surface area contributed by atoms with Crippen molar-refractivity contribution < 1.29 is 23.4 Å². The Labute approximate surface area is 159 Å². The van der Waals surface area contributed by atoms with Crippen LogP contribution < -0.4 is 0 Å². The van der Waals surface area contributed by atoms with Gasteiger partial charge >= 0.3 is 0 Å². The smallest absolute Gasteiger partial charge is 0.257 e. The molecule has 1 unspecified atom stereocenters. The van der Waals surface area contributed by atoms with E-state index in [1.807, 2.05) is 0 Å². The minimum atomic E-state index is -0.464. The third-order valence-corrected chi connectivity index (χ3v) is 6.21. The molecule has 5 nitrogen and oxygen atoms in total. The van der Waals surface area contributed by atoms with Gasteiger partial charge in [-0.3, -0.25) is 4.79 Å². The fraction of sp³-hybridized carbons (Fsp3) is 0.667. The summed E-state index contributed by atoms with van der Waals surface area (Å²) in [5, 5.41) is 0. The standard InChI is InChI=1S/C21H28FNO4/c22-19-4-2-1-3-18(19)20(24)23-14-21(15-23)17(8-12-27-21)7-11-26-13-16-5-9-25-10-6-16/h1-4,16-17H,5-15H2. The number of likely N-dealkylation sites (tertiary alicyclic amines) is 1. The highest BCUT2D eigenvalue weighted by atomic mass is 19.1. The van der Waals surface area contributed by atoms with Crippen LogP contribution in [0.25, 0.3) is 0 Å². The first-order chi connectivity index (χ1) is 13.2. The number of halogens is 1. The van der Waals surface area contributed by atoms with Crippen LogP contribution >= 0.6 is 0 Å². The Hall–Kier alpha value is -1.50. The number of ether oxygens (including phenoxy) is 3. The fourth-order valence-corrected chi connectivity index (χ4v) is 4.48. The van der Waals surface area contributed by atoms with E-state index in [4.69, 9.17) is 14.2 Å². The van der Waals surface area contributed by atoms with Gasteiger partial charge in [0.1, 0.15) is 11.4 Å². The van der Waals surface area contributed by atoms with Gasteiger partial charge < -0.3 is 19.1 Å². The highest BCUT2D eigenvalue weighted by Crippen LogP contribution is 2.42. The summed E-state index contributed by atoms with van der Waals surface area (Å²) in [5.74, 6) is 0.305. The molecule has 1 aromatic rings. The van der Waals surface area contributed by atoms with E-state index in [-0.39, 0.29) is 17.1 Å². The summed E-state index contributed by atoms with van der Waals surface area (Å²) < 4.78 is 31.2. The third kappa shape index (κ3) is 4.03. The minimum Gasteiger partial charge on any atom is -0.381 e. The average Bonchev–Trinajstić information content (AvgIpc) is 3.09. The monoisotopic (exact) mass is 377 g/mol. The van der Waals surface area contributed by atoms with Gasteiger partial charge in [-0.15, -0.1) is 0 Å². The van der Waals surface area contributed by atoms with E-state index in [2.05, 4.69) is 0 Å². The number of hydrogen-bond acceptors (Lipinski definition) is 4. The number of rotatable bonds is 6. The molecule has 0 radical (unpaired) electrons. The van der Waals surface area contributed by atoms with E-state index in [0.29, 0.717) is 24.9 Å². The summed E-state index contributed by atoms with van der Waals surface area (Å²) >= 11 is 0. The largest absolute Gasteiger partial charge is 0.381 e. The van der Waals surface area contributed by atoms with Gasteiger partial charge in [0.2, 0.25) is 0 Å². The van der Waals surface area contributed by atoms with Gasteiger partial charge in [0.15, 0.2) is 0 Å². The summed E-state index contributed by atoms with van der Waals surface area (Å²) in [6.07, 6.45) is 4.13.